The van der Waals surface area contributed by atoms with Gasteiger partial charge in [-0.1, -0.05) is 79.1 Å². The van der Waals surface area contributed by atoms with E-state index in [4.69, 9.17) is 34.8 Å². The van der Waals surface area contributed by atoms with Crippen LogP contribution in [0.2, 0.25) is 0 Å². The SMILES string of the molecule is CC(C)N(C(=O)SCC(Cl)=C(Cl)Cl)C(C)C.CCCN(CCC)C(=O)SCC. The van der Waals surface area contributed by atoms with Crippen LogP contribution < -0.4 is 0 Å². The van der Waals surface area contributed by atoms with Gasteiger partial charge in [0, 0.05) is 30.9 Å². The van der Waals surface area contributed by atoms with Crippen molar-refractivity contribution in [2.24, 2.45) is 0 Å². The van der Waals surface area contributed by atoms with Crippen LogP contribution in [0.5, 0.6) is 0 Å². The van der Waals surface area contributed by atoms with Gasteiger partial charge in [-0.05, 0) is 46.3 Å². The molecule has 4 nitrogen and oxygen atoms in total. The first kappa shape index (κ1) is 30.4. The van der Waals surface area contributed by atoms with Crippen molar-refractivity contribution in [3.8, 4) is 0 Å². The summed E-state index contributed by atoms with van der Waals surface area (Å²) in [6, 6.07) is 0.323. The third-order valence-corrected chi connectivity index (χ3v) is 6.18. The lowest BCUT2D eigenvalue weighted by Gasteiger charge is -2.30. The predicted molar refractivity (Wildman–Crippen MR) is 130 cm³/mol. The summed E-state index contributed by atoms with van der Waals surface area (Å²) in [7, 11) is 0. The van der Waals surface area contributed by atoms with E-state index in [1.807, 2.05) is 39.5 Å². The number of carbonyl (C=O) groups is 2. The highest BCUT2D eigenvalue weighted by atomic mass is 35.5. The van der Waals surface area contributed by atoms with Crippen molar-refractivity contribution in [2.45, 2.75) is 73.4 Å². The number of hydrogen-bond acceptors (Lipinski definition) is 4. The molecule has 0 N–H and O–H groups in total. The Labute approximate surface area is 195 Å². The summed E-state index contributed by atoms with van der Waals surface area (Å²) in [5, 5.41) is 0.521. The average Bonchev–Trinajstić information content (AvgIpc) is 2.59. The lowest BCUT2D eigenvalue weighted by Crippen LogP contribution is -2.39. The maximum Gasteiger partial charge on any atom is 0.282 e. The number of halogens is 3. The van der Waals surface area contributed by atoms with Gasteiger partial charge in [-0.15, -0.1) is 0 Å². The highest BCUT2D eigenvalue weighted by Gasteiger charge is 2.20. The summed E-state index contributed by atoms with van der Waals surface area (Å²) in [5.41, 5.74) is 0. The summed E-state index contributed by atoms with van der Waals surface area (Å²) in [4.78, 5) is 27.0. The van der Waals surface area contributed by atoms with Crippen LogP contribution in [0, 0.1) is 0 Å². The first-order valence-electron chi connectivity index (χ1n) is 9.59. The standard InChI is InChI=1S/C10H16Cl3NOS.C9H19NOS/c1-6(2)14(7(3)4)10(15)16-5-8(11)9(12)13;1-4-7-10(8-5-2)9(11)12-6-3/h6-7H,5H2,1-4H3;4-8H2,1-3H3. The lowest BCUT2D eigenvalue weighted by molar-refractivity contribution is 0.190. The van der Waals surface area contributed by atoms with Crippen molar-refractivity contribution in [1.29, 1.82) is 0 Å². The summed E-state index contributed by atoms with van der Waals surface area (Å²) >= 11 is 19.2. The van der Waals surface area contributed by atoms with Gasteiger partial charge in [0.1, 0.15) is 4.49 Å². The highest BCUT2D eigenvalue weighted by molar-refractivity contribution is 8.13. The van der Waals surface area contributed by atoms with Gasteiger partial charge in [0.25, 0.3) is 10.5 Å². The van der Waals surface area contributed by atoms with E-state index in [2.05, 4.69) is 13.8 Å². The van der Waals surface area contributed by atoms with Gasteiger partial charge >= 0.3 is 0 Å². The Balaban J connectivity index is 0. The molecule has 0 fully saturated rings. The van der Waals surface area contributed by atoms with Gasteiger partial charge in [-0.3, -0.25) is 9.59 Å². The number of nitrogens with zero attached hydrogens (tertiary/aromatic N) is 2. The maximum absolute atomic E-state index is 11.9. The van der Waals surface area contributed by atoms with Crippen molar-refractivity contribution in [1.82, 2.24) is 9.80 Å². The Morgan fingerprint density at radius 2 is 1.29 bits per heavy atom. The summed E-state index contributed by atoms with van der Waals surface area (Å²) in [6.45, 7) is 15.9. The normalized spacial score (nSPS) is 10.4. The number of thioether (sulfide) groups is 2. The van der Waals surface area contributed by atoms with Crippen LogP contribution in [-0.4, -0.2) is 57.0 Å². The van der Waals surface area contributed by atoms with Gasteiger partial charge in [0.2, 0.25) is 0 Å². The van der Waals surface area contributed by atoms with Gasteiger partial charge < -0.3 is 9.80 Å². The molecule has 28 heavy (non-hydrogen) atoms. The summed E-state index contributed by atoms with van der Waals surface area (Å²) in [5.74, 6) is 1.18. The molecule has 0 aromatic carbocycles. The molecule has 0 spiro atoms. The van der Waals surface area contributed by atoms with E-state index >= 15 is 0 Å². The fourth-order valence-corrected chi connectivity index (χ4v) is 4.35. The molecule has 0 radical (unpaired) electrons. The molecule has 0 heterocycles. The smallest absolute Gasteiger partial charge is 0.282 e. The number of amides is 2. The third-order valence-electron chi connectivity index (χ3n) is 3.36. The molecule has 0 saturated carbocycles. The zero-order valence-electron chi connectivity index (χ0n) is 18.1. The van der Waals surface area contributed by atoms with Gasteiger partial charge in [-0.2, -0.15) is 0 Å². The van der Waals surface area contributed by atoms with E-state index in [0.29, 0.717) is 10.8 Å². The van der Waals surface area contributed by atoms with Crippen molar-refractivity contribution < 1.29 is 9.59 Å². The first-order valence-corrected chi connectivity index (χ1v) is 12.7. The Bertz CT molecular complexity index is 472. The molecule has 9 heteroatoms. The quantitative estimate of drug-likeness (QED) is 0.328. The van der Waals surface area contributed by atoms with Crippen LogP contribution in [0.15, 0.2) is 9.52 Å². The van der Waals surface area contributed by atoms with Gasteiger partial charge in [0.15, 0.2) is 0 Å². The number of rotatable bonds is 9. The molecule has 0 aliphatic rings. The van der Waals surface area contributed by atoms with Crippen molar-refractivity contribution in [2.75, 3.05) is 24.6 Å². The minimum absolute atomic E-state index is 0.0160. The van der Waals surface area contributed by atoms with Crippen molar-refractivity contribution in [3.05, 3.63) is 9.52 Å². The molecule has 0 saturated heterocycles. The van der Waals surface area contributed by atoms with E-state index in [1.54, 1.807) is 4.90 Å². The number of hydrogen-bond donors (Lipinski definition) is 0. The zero-order chi connectivity index (χ0) is 22.3. The Morgan fingerprint density at radius 1 is 0.821 bits per heavy atom. The zero-order valence-corrected chi connectivity index (χ0v) is 22.0. The second-order valence-electron chi connectivity index (χ2n) is 6.50. The van der Waals surface area contributed by atoms with Crippen LogP contribution >= 0.6 is 58.3 Å². The van der Waals surface area contributed by atoms with Crippen LogP contribution in [-0.2, 0) is 0 Å². The van der Waals surface area contributed by atoms with Crippen molar-refractivity contribution in [3.63, 3.8) is 0 Å². The van der Waals surface area contributed by atoms with Gasteiger partial charge in [-0.25, -0.2) is 0 Å². The molecule has 0 rings (SSSR count). The molecule has 0 bridgehead atoms. The van der Waals surface area contributed by atoms with Gasteiger partial charge in [0.05, 0.1) is 5.03 Å². The molecule has 0 unspecified atom stereocenters. The van der Waals surface area contributed by atoms with E-state index in [1.165, 1.54) is 11.8 Å². The summed E-state index contributed by atoms with van der Waals surface area (Å²) in [6.07, 6.45) is 2.10. The fraction of sp³-hybridized carbons (Fsp3) is 0.789. The average molecular weight is 494 g/mol. The molecule has 0 aliphatic carbocycles. The largest absolute Gasteiger partial charge is 0.334 e. The highest BCUT2D eigenvalue weighted by Crippen LogP contribution is 2.24. The van der Waals surface area contributed by atoms with E-state index in [-0.39, 0.29) is 27.1 Å². The van der Waals surface area contributed by atoms with Crippen LogP contribution in [0.25, 0.3) is 0 Å². The topological polar surface area (TPSA) is 40.6 Å². The first-order chi connectivity index (χ1) is 13.0. The third kappa shape index (κ3) is 14.3. The molecular formula is C19H35Cl3N2O2S2. The van der Waals surface area contributed by atoms with Crippen LogP contribution in [0.3, 0.4) is 0 Å². The lowest BCUT2D eigenvalue weighted by atomic mass is 10.2. The fourth-order valence-electron chi connectivity index (χ4n) is 2.32. The Kier molecular flexibility index (Phi) is 19.6. The number of carbonyl (C=O) groups excluding carboxylic acids is 2. The van der Waals surface area contributed by atoms with Crippen LogP contribution in [0.1, 0.15) is 61.3 Å². The molecule has 166 valence electrons. The summed E-state index contributed by atoms with van der Waals surface area (Å²) < 4.78 is 0.0163. The second-order valence-corrected chi connectivity index (χ2v) is 10.0. The second kappa shape index (κ2) is 18.1. The van der Waals surface area contributed by atoms with E-state index in [0.717, 1.165) is 43.4 Å². The maximum atomic E-state index is 11.9. The molecule has 2 amide bonds. The van der Waals surface area contributed by atoms with Crippen molar-refractivity contribution >= 4 is 68.8 Å². The minimum atomic E-state index is -0.0160. The molecule has 0 aliphatic heterocycles. The van der Waals surface area contributed by atoms with E-state index < -0.39 is 0 Å². The molecular weight excluding hydrogens is 459 g/mol. The predicted octanol–water partition coefficient (Wildman–Crippen LogP) is 7.83. The molecule has 0 atom stereocenters. The molecule has 0 aromatic rings. The molecule has 0 aromatic heterocycles. The monoisotopic (exact) mass is 492 g/mol. The Morgan fingerprint density at radius 3 is 1.61 bits per heavy atom. The van der Waals surface area contributed by atoms with E-state index in [9.17, 15) is 9.59 Å². The van der Waals surface area contributed by atoms with Crippen LogP contribution in [0.4, 0.5) is 9.59 Å². The minimum Gasteiger partial charge on any atom is -0.334 e. The Hall–Kier alpha value is 0.250.